The Balaban J connectivity index is 2.10. The van der Waals surface area contributed by atoms with Crippen LogP contribution in [0, 0.1) is 0 Å². The molecule has 1 N–H and O–H groups in total. The normalized spacial score (nSPS) is 15.7. The number of benzene rings is 1. The number of thiophene rings is 1. The highest BCUT2D eigenvalue weighted by atomic mass is 32.1. The van der Waals surface area contributed by atoms with Gasteiger partial charge in [-0.05, 0) is 75.5 Å². The molecule has 0 amide bonds. The minimum Gasteiger partial charge on any atom is -0.481 e. The summed E-state index contributed by atoms with van der Waals surface area (Å²) < 4.78 is 0. The fourth-order valence-electron chi connectivity index (χ4n) is 3.34. The quantitative estimate of drug-likeness (QED) is 0.838. The van der Waals surface area contributed by atoms with E-state index in [-0.39, 0.29) is 0 Å². The number of carbonyl (C=O) groups is 1. The number of hydrogen-bond acceptors (Lipinski definition) is 3. The Kier molecular flexibility index (Phi) is 5.35. The van der Waals surface area contributed by atoms with E-state index >= 15 is 0 Å². The van der Waals surface area contributed by atoms with Crippen LogP contribution >= 0.6 is 11.3 Å². The Morgan fingerprint density at radius 3 is 2.65 bits per heavy atom. The second-order valence-corrected chi connectivity index (χ2v) is 8.88. The van der Waals surface area contributed by atoms with Gasteiger partial charge in [-0.25, -0.2) is 0 Å². The molecular formula is C22H27NO2S. The maximum atomic E-state index is 11.7. The Hall–Kier alpha value is -1.91. The Morgan fingerprint density at radius 1 is 1.23 bits per heavy atom. The second kappa shape index (κ2) is 7.37. The fraction of sp³-hybridized carbons (Fsp3) is 0.409. The zero-order valence-corrected chi connectivity index (χ0v) is 16.8. The number of carboxylic acids is 1. The molecular weight excluding hydrogens is 342 g/mol. The minimum absolute atomic E-state index is 0.771. The van der Waals surface area contributed by atoms with Gasteiger partial charge in [0.25, 0.3) is 0 Å². The molecule has 0 atom stereocenters. The number of rotatable bonds is 5. The first kappa shape index (κ1) is 18.9. The van der Waals surface area contributed by atoms with Gasteiger partial charge < -0.3 is 10.0 Å². The second-order valence-electron chi connectivity index (χ2n) is 7.74. The van der Waals surface area contributed by atoms with Crippen molar-refractivity contribution >= 4 is 22.9 Å². The van der Waals surface area contributed by atoms with Crippen molar-refractivity contribution in [1.82, 2.24) is 4.90 Å². The fourth-order valence-corrected chi connectivity index (χ4v) is 4.60. The lowest BCUT2D eigenvalue weighted by Crippen LogP contribution is -2.27. The Morgan fingerprint density at radius 2 is 1.96 bits per heavy atom. The van der Waals surface area contributed by atoms with Gasteiger partial charge in [-0.15, -0.1) is 11.3 Å². The van der Waals surface area contributed by atoms with Gasteiger partial charge in [0, 0.05) is 16.3 Å². The van der Waals surface area contributed by atoms with Gasteiger partial charge in [-0.1, -0.05) is 30.3 Å². The summed E-state index contributed by atoms with van der Waals surface area (Å²) in [5.41, 5.74) is 4.31. The SMILES string of the molecule is CN(C)CCC=C1c2ccccc2CCc2sc(C(C)(C)C(=O)O)cc21. The van der Waals surface area contributed by atoms with Crippen LogP contribution in [0.15, 0.2) is 36.4 Å². The van der Waals surface area contributed by atoms with Crippen LogP contribution in [0.25, 0.3) is 5.57 Å². The van der Waals surface area contributed by atoms with Crippen molar-refractivity contribution in [1.29, 1.82) is 0 Å². The molecule has 3 rings (SSSR count). The summed E-state index contributed by atoms with van der Waals surface area (Å²) in [6.07, 6.45) is 5.27. The first-order valence-electron chi connectivity index (χ1n) is 9.11. The highest BCUT2D eigenvalue weighted by Gasteiger charge is 2.33. The van der Waals surface area contributed by atoms with Gasteiger partial charge in [-0.2, -0.15) is 0 Å². The largest absolute Gasteiger partial charge is 0.481 e. The van der Waals surface area contributed by atoms with Crippen LogP contribution in [-0.4, -0.2) is 36.6 Å². The van der Waals surface area contributed by atoms with Crippen molar-refractivity contribution in [2.24, 2.45) is 0 Å². The van der Waals surface area contributed by atoms with Crippen LogP contribution in [0.3, 0.4) is 0 Å². The van der Waals surface area contributed by atoms with E-state index in [4.69, 9.17) is 0 Å². The molecule has 0 unspecified atom stereocenters. The van der Waals surface area contributed by atoms with Crippen LogP contribution in [0.2, 0.25) is 0 Å². The molecule has 0 radical (unpaired) electrons. The van der Waals surface area contributed by atoms with Crippen LogP contribution < -0.4 is 0 Å². The number of aryl methyl sites for hydroxylation is 2. The number of carboxylic acid groups (broad SMARTS) is 1. The maximum absolute atomic E-state index is 11.7. The first-order valence-corrected chi connectivity index (χ1v) is 9.92. The van der Waals surface area contributed by atoms with Gasteiger partial charge >= 0.3 is 5.97 Å². The zero-order chi connectivity index (χ0) is 18.9. The van der Waals surface area contributed by atoms with E-state index in [0.29, 0.717) is 0 Å². The van der Waals surface area contributed by atoms with Crippen molar-refractivity contribution in [3.8, 4) is 0 Å². The highest BCUT2D eigenvalue weighted by Crippen LogP contribution is 2.41. The van der Waals surface area contributed by atoms with Gasteiger partial charge in [0.05, 0.1) is 5.41 Å². The van der Waals surface area contributed by atoms with E-state index < -0.39 is 11.4 Å². The van der Waals surface area contributed by atoms with Crippen LogP contribution in [0.4, 0.5) is 0 Å². The molecule has 138 valence electrons. The minimum atomic E-state index is -0.856. The van der Waals surface area contributed by atoms with E-state index in [2.05, 4.69) is 55.4 Å². The standard InChI is InChI=1S/C22H27NO2S/c1-22(2,21(24)25)20-14-18-17(10-7-13-23(3)4)16-9-6-5-8-15(16)11-12-19(18)26-20/h5-6,8-10,14H,7,11-13H2,1-4H3,(H,24,25). The smallest absolute Gasteiger partial charge is 0.314 e. The number of nitrogens with zero attached hydrogens (tertiary/aromatic N) is 1. The molecule has 4 heteroatoms. The van der Waals surface area contributed by atoms with Crippen molar-refractivity contribution in [3.05, 3.63) is 62.9 Å². The number of fused-ring (bicyclic) bond motifs is 2. The maximum Gasteiger partial charge on any atom is 0.314 e. The molecule has 1 aliphatic carbocycles. The molecule has 1 aromatic carbocycles. The Bertz CT molecular complexity index is 846. The van der Waals surface area contributed by atoms with Crippen LogP contribution in [0.1, 0.15) is 46.7 Å². The molecule has 1 aromatic heterocycles. The lowest BCUT2D eigenvalue weighted by Gasteiger charge is -2.17. The highest BCUT2D eigenvalue weighted by molar-refractivity contribution is 7.12. The van der Waals surface area contributed by atoms with Crippen molar-refractivity contribution in [2.45, 2.75) is 38.5 Å². The molecule has 26 heavy (non-hydrogen) atoms. The summed E-state index contributed by atoms with van der Waals surface area (Å²) in [5, 5.41) is 9.62. The first-order chi connectivity index (χ1) is 12.3. The van der Waals surface area contributed by atoms with Crippen molar-refractivity contribution < 1.29 is 9.90 Å². The monoisotopic (exact) mass is 369 g/mol. The van der Waals surface area contributed by atoms with E-state index in [1.165, 1.54) is 27.1 Å². The summed E-state index contributed by atoms with van der Waals surface area (Å²) in [7, 11) is 4.17. The number of hydrogen-bond donors (Lipinski definition) is 1. The summed E-state index contributed by atoms with van der Waals surface area (Å²) in [5.74, 6) is -0.771. The predicted octanol–water partition coefficient (Wildman–Crippen LogP) is 4.59. The summed E-state index contributed by atoms with van der Waals surface area (Å²) in [6, 6.07) is 10.7. The van der Waals surface area contributed by atoms with Gasteiger partial charge in [0.2, 0.25) is 0 Å². The van der Waals surface area contributed by atoms with Gasteiger partial charge in [0.15, 0.2) is 0 Å². The van der Waals surface area contributed by atoms with Crippen LogP contribution in [0.5, 0.6) is 0 Å². The van der Waals surface area contributed by atoms with Crippen molar-refractivity contribution in [2.75, 3.05) is 20.6 Å². The van der Waals surface area contributed by atoms with Crippen molar-refractivity contribution in [3.63, 3.8) is 0 Å². The molecule has 1 aliphatic rings. The molecule has 2 aromatic rings. The van der Waals surface area contributed by atoms with Gasteiger partial charge in [-0.3, -0.25) is 4.79 Å². The molecule has 0 saturated heterocycles. The van der Waals surface area contributed by atoms with Gasteiger partial charge in [0.1, 0.15) is 0 Å². The third-order valence-electron chi connectivity index (χ3n) is 5.10. The molecule has 3 nitrogen and oxygen atoms in total. The average Bonchev–Trinajstić information content (AvgIpc) is 2.96. The average molecular weight is 370 g/mol. The van der Waals surface area contributed by atoms with E-state index in [1.54, 1.807) is 25.2 Å². The molecule has 0 spiro atoms. The molecule has 0 fully saturated rings. The molecule has 0 aliphatic heterocycles. The lowest BCUT2D eigenvalue weighted by atomic mass is 9.89. The lowest BCUT2D eigenvalue weighted by molar-refractivity contribution is -0.142. The molecule has 0 bridgehead atoms. The molecule has 0 saturated carbocycles. The molecule has 1 heterocycles. The number of aliphatic carboxylic acids is 1. The van der Waals surface area contributed by atoms with E-state index in [1.807, 2.05) is 0 Å². The topological polar surface area (TPSA) is 40.5 Å². The third-order valence-corrected chi connectivity index (χ3v) is 6.62. The zero-order valence-electron chi connectivity index (χ0n) is 16.0. The van der Waals surface area contributed by atoms with E-state index in [0.717, 1.165) is 30.7 Å². The van der Waals surface area contributed by atoms with Crippen LogP contribution in [-0.2, 0) is 23.1 Å². The summed E-state index contributed by atoms with van der Waals surface area (Å²) >= 11 is 1.67. The third kappa shape index (κ3) is 3.62. The summed E-state index contributed by atoms with van der Waals surface area (Å²) in [6.45, 7) is 4.59. The predicted molar refractivity (Wildman–Crippen MR) is 109 cm³/mol. The Labute approximate surface area is 160 Å². The van der Waals surface area contributed by atoms with E-state index in [9.17, 15) is 9.90 Å². The summed E-state index contributed by atoms with van der Waals surface area (Å²) in [4.78, 5) is 16.1.